The summed E-state index contributed by atoms with van der Waals surface area (Å²) in [6.07, 6.45) is 3.39. The molecule has 4 heterocycles. The van der Waals surface area contributed by atoms with Crippen LogP contribution < -0.4 is 20.1 Å². The van der Waals surface area contributed by atoms with Crippen LogP contribution in [-0.2, 0) is 20.0 Å². The van der Waals surface area contributed by atoms with Gasteiger partial charge in [-0.2, -0.15) is 19.2 Å². The third-order valence-electron chi connectivity index (χ3n) is 10.2. The molecule has 0 fully saturated rings. The van der Waals surface area contributed by atoms with Crippen LogP contribution in [0.2, 0.25) is 0 Å². The first kappa shape index (κ1) is 49.3. The number of likely N-dealkylation sites (N-methyl/N-ethyl adjacent to an activating group) is 1. The molecule has 16 nitrogen and oxygen atoms in total. The summed E-state index contributed by atoms with van der Waals surface area (Å²) >= 11 is 7.02. The van der Waals surface area contributed by atoms with E-state index < -0.39 is 20.0 Å². The molecule has 4 aromatic carbocycles. The second-order valence-electron chi connectivity index (χ2n) is 17.0. The van der Waals surface area contributed by atoms with Crippen LogP contribution in [0.15, 0.2) is 152 Å². The predicted octanol–water partition coefficient (Wildman–Crippen LogP) is 8.51. The molecule has 4 aromatic heterocycles. The second kappa shape index (κ2) is 21.2. The van der Waals surface area contributed by atoms with Gasteiger partial charge >= 0.3 is 0 Å². The highest BCUT2D eigenvalue weighted by Crippen LogP contribution is 2.30. The summed E-state index contributed by atoms with van der Waals surface area (Å²) < 4.78 is 61.0. The fourth-order valence-corrected chi connectivity index (χ4v) is 10.0. The lowest BCUT2D eigenvalue weighted by Crippen LogP contribution is -2.39. The van der Waals surface area contributed by atoms with Gasteiger partial charge in [0.2, 0.25) is 20.0 Å². The first-order chi connectivity index (χ1) is 31.9. The molecule has 8 rings (SSSR count). The van der Waals surface area contributed by atoms with E-state index in [2.05, 4.69) is 62.1 Å². The highest BCUT2D eigenvalue weighted by Gasteiger charge is 2.23. The molecule has 4 N–H and O–H groups in total. The highest BCUT2D eigenvalue weighted by atomic mass is 79.9. The number of hydrogen-bond donors (Lipinski definition) is 4. The third kappa shape index (κ3) is 12.7. The molecule has 0 aliphatic carbocycles. The third-order valence-corrected chi connectivity index (χ3v) is 14.2. The van der Waals surface area contributed by atoms with Crippen LogP contribution in [0.3, 0.4) is 0 Å². The van der Waals surface area contributed by atoms with E-state index in [4.69, 9.17) is 9.97 Å². The summed E-state index contributed by atoms with van der Waals surface area (Å²) in [7, 11) is 0.560. The van der Waals surface area contributed by atoms with Crippen molar-refractivity contribution in [3.63, 3.8) is 0 Å². The predicted molar refractivity (Wildman–Crippen MR) is 273 cm³/mol. The van der Waals surface area contributed by atoms with Gasteiger partial charge < -0.3 is 20.4 Å². The van der Waals surface area contributed by atoms with Crippen LogP contribution in [0.5, 0.6) is 0 Å². The van der Waals surface area contributed by atoms with Gasteiger partial charge in [-0.05, 0) is 114 Å². The standard InChI is InChI=1S/C25H29BrN6O2S.C22H23BrN6O2S/c1-25(2,17-31(3)4)16-28-35(33,34)20-12-10-19(11-13-20)29-23-14-22(18-8-6-5-7-9-18)30-24-21(26)15-27-32(23)24;1-28(2)13-12-25-32(30,31)18-10-8-17(9-11-18)26-21-14-20(16-6-4-3-5-7-16)27-22-19(23)15-24-29(21)22/h5-15,28-29H,16-17H2,1-4H3;3-11,14-15,25-26H,12-13H2,1-2H3. The zero-order valence-electron chi connectivity index (χ0n) is 37.8. The number of hydrogen-bond acceptors (Lipinski definition) is 12. The number of nitrogens with one attached hydrogen (secondary N) is 4. The molecule has 0 radical (unpaired) electrons. The first-order valence-corrected chi connectivity index (χ1v) is 25.7. The molecule has 0 aliphatic heterocycles. The Hall–Kier alpha value is -5.58. The Morgan fingerprint density at radius 1 is 0.582 bits per heavy atom. The van der Waals surface area contributed by atoms with E-state index >= 15 is 0 Å². The molecule has 67 heavy (non-hydrogen) atoms. The van der Waals surface area contributed by atoms with E-state index in [0.717, 1.165) is 49.4 Å². The Kier molecular flexibility index (Phi) is 15.6. The van der Waals surface area contributed by atoms with Crippen molar-refractivity contribution in [2.24, 2.45) is 5.41 Å². The van der Waals surface area contributed by atoms with Gasteiger partial charge in [0.15, 0.2) is 11.3 Å². The molecule has 0 spiro atoms. The largest absolute Gasteiger partial charge is 0.340 e. The van der Waals surface area contributed by atoms with Crippen molar-refractivity contribution in [2.45, 2.75) is 23.6 Å². The Morgan fingerprint density at radius 3 is 1.40 bits per heavy atom. The van der Waals surface area contributed by atoms with Crippen LogP contribution in [-0.4, -0.2) is 110 Å². The molecule has 0 amide bonds. The lowest BCUT2D eigenvalue weighted by Gasteiger charge is -2.28. The minimum atomic E-state index is -3.62. The van der Waals surface area contributed by atoms with E-state index in [0.29, 0.717) is 42.6 Å². The Labute approximate surface area is 408 Å². The second-order valence-corrected chi connectivity index (χ2v) is 22.2. The van der Waals surface area contributed by atoms with Crippen molar-refractivity contribution in [3.05, 3.63) is 143 Å². The lowest BCUT2D eigenvalue weighted by molar-refractivity contribution is 0.242. The van der Waals surface area contributed by atoms with Gasteiger partial charge in [-0.25, -0.2) is 36.2 Å². The molecular formula is C47H52Br2N12O4S2. The monoisotopic (exact) mass is 1070 g/mol. The van der Waals surface area contributed by atoms with Gasteiger partial charge in [-0.1, -0.05) is 74.5 Å². The van der Waals surface area contributed by atoms with E-state index in [1.807, 2.05) is 125 Å². The van der Waals surface area contributed by atoms with Gasteiger partial charge in [-0.3, -0.25) is 0 Å². The smallest absolute Gasteiger partial charge is 0.240 e. The molecule has 350 valence electrons. The maximum atomic E-state index is 12.8. The van der Waals surface area contributed by atoms with Crippen molar-refractivity contribution >= 4 is 86.2 Å². The average Bonchev–Trinajstić information content (AvgIpc) is 3.88. The van der Waals surface area contributed by atoms with E-state index in [1.165, 1.54) is 0 Å². The number of aromatic nitrogens is 6. The molecular weight excluding hydrogens is 1020 g/mol. The zero-order chi connectivity index (χ0) is 47.9. The van der Waals surface area contributed by atoms with E-state index in [9.17, 15) is 16.8 Å². The molecule has 0 saturated heterocycles. The number of sulfonamides is 2. The van der Waals surface area contributed by atoms with Gasteiger partial charge in [0, 0.05) is 60.8 Å². The quantitative estimate of drug-likeness (QED) is 0.0683. The fourth-order valence-electron chi connectivity index (χ4n) is 7.07. The lowest BCUT2D eigenvalue weighted by atomic mass is 9.93. The normalized spacial score (nSPS) is 12.1. The van der Waals surface area contributed by atoms with Crippen molar-refractivity contribution in [1.82, 2.24) is 48.4 Å². The van der Waals surface area contributed by atoms with Gasteiger partial charge in [0.1, 0.15) is 11.6 Å². The summed E-state index contributed by atoms with van der Waals surface area (Å²) in [4.78, 5) is 13.9. The molecule has 8 aromatic rings. The summed E-state index contributed by atoms with van der Waals surface area (Å²) in [6, 6.07) is 36.9. The average molecular weight is 1070 g/mol. The number of nitrogens with zero attached hydrogens (tertiary/aromatic N) is 8. The van der Waals surface area contributed by atoms with Crippen molar-refractivity contribution in [3.8, 4) is 22.5 Å². The summed E-state index contributed by atoms with van der Waals surface area (Å²) in [5.41, 5.74) is 6.18. The number of halogens is 2. The van der Waals surface area contributed by atoms with E-state index in [1.54, 1.807) is 70.0 Å². The Bertz CT molecular complexity index is 3170. The molecule has 0 bridgehead atoms. The molecule has 0 aliphatic rings. The number of fused-ring (bicyclic) bond motifs is 2. The maximum Gasteiger partial charge on any atom is 0.240 e. The van der Waals surface area contributed by atoms with Crippen LogP contribution in [0.4, 0.5) is 23.0 Å². The Morgan fingerprint density at radius 2 is 1.00 bits per heavy atom. The van der Waals surface area contributed by atoms with E-state index in [-0.39, 0.29) is 15.2 Å². The van der Waals surface area contributed by atoms with Crippen LogP contribution in [0, 0.1) is 5.41 Å². The maximum absolute atomic E-state index is 12.8. The number of anilines is 4. The highest BCUT2D eigenvalue weighted by molar-refractivity contribution is 9.11. The molecule has 20 heteroatoms. The van der Waals surface area contributed by atoms with Gasteiger partial charge in [0.05, 0.1) is 42.5 Å². The number of rotatable bonds is 17. The van der Waals surface area contributed by atoms with Gasteiger partial charge in [-0.15, -0.1) is 0 Å². The molecule has 0 atom stereocenters. The van der Waals surface area contributed by atoms with Crippen molar-refractivity contribution in [1.29, 1.82) is 0 Å². The summed E-state index contributed by atoms with van der Waals surface area (Å²) in [6.45, 7) is 6.16. The summed E-state index contributed by atoms with van der Waals surface area (Å²) in [5, 5.41) is 15.5. The SMILES string of the molecule is CN(C)CC(C)(C)CNS(=O)(=O)c1ccc(Nc2cc(-c3ccccc3)nc3c(Br)cnn23)cc1.CN(C)CCNS(=O)(=O)c1ccc(Nc2cc(-c3ccccc3)nc3c(Br)cnn23)cc1. The Balaban J connectivity index is 0.000000200. The minimum Gasteiger partial charge on any atom is -0.340 e. The molecule has 0 saturated carbocycles. The van der Waals surface area contributed by atoms with Crippen molar-refractivity contribution in [2.75, 3.05) is 65.0 Å². The van der Waals surface area contributed by atoms with Gasteiger partial charge in [0.25, 0.3) is 0 Å². The first-order valence-electron chi connectivity index (χ1n) is 21.1. The zero-order valence-corrected chi connectivity index (χ0v) is 42.6. The van der Waals surface area contributed by atoms with Crippen LogP contribution >= 0.6 is 31.9 Å². The van der Waals surface area contributed by atoms with Crippen LogP contribution in [0.25, 0.3) is 33.8 Å². The molecule has 0 unspecified atom stereocenters. The fraction of sp³-hybridized carbons (Fsp3) is 0.234. The number of benzene rings is 4. The minimum absolute atomic E-state index is 0.195. The summed E-state index contributed by atoms with van der Waals surface area (Å²) in [5.74, 6) is 1.41. The topological polar surface area (TPSA) is 183 Å². The van der Waals surface area contributed by atoms with Crippen molar-refractivity contribution < 1.29 is 16.8 Å². The van der Waals surface area contributed by atoms with Crippen LogP contribution in [0.1, 0.15) is 13.8 Å².